The zero-order chi connectivity index (χ0) is 14.8. The van der Waals surface area contributed by atoms with Gasteiger partial charge in [0, 0.05) is 31.7 Å². The largest absolute Gasteiger partial charge is 0.507 e. The molecule has 2 N–H and O–H groups in total. The number of piperazine rings is 1. The van der Waals surface area contributed by atoms with E-state index in [1.54, 1.807) is 12.1 Å². The first-order valence-corrected chi connectivity index (χ1v) is 6.77. The van der Waals surface area contributed by atoms with Crippen LogP contribution in [0.5, 0.6) is 5.75 Å². The van der Waals surface area contributed by atoms with Crippen molar-refractivity contribution in [1.29, 1.82) is 0 Å². The Morgan fingerprint density at radius 2 is 1.95 bits per heavy atom. The lowest BCUT2D eigenvalue weighted by molar-refractivity contribution is -0.188. The van der Waals surface area contributed by atoms with Gasteiger partial charge in [0.1, 0.15) is 11.8 Å². The summed E-state index contributed by atoms with van der Waals surface area (Å²) in [7, 11) is 0. The highest BCUT2D eigenvalue weighted by Gasteiger charge is 2.46. The highest BCUT2D eigenvalue weighted by molar-refractivity contribution is 5.43. The molecule has 1 aliphatic heterocycles. The first-order valence-electron chi connectivity index (χ1n) is 6.77. The topological polar surface area (TPSA) is 35.5 Å². The van der Waals surface area contributed by atoms with Crippen LogP contribution in [-0.2, 0) is 6.42 Å². The van der Waals surface area contributed by atoms with Gasteiger partial charge in [-0.3, -0.25) is 4.90 Å². The van der Waals surface area contributed by atoms with Gasteiger partial charge < -0.3 is 10.4 Å². The quantitative estimate of drug-likeness (QED) is 0.897. The molecule has 1 atom stereocenters. The third-order valence-corrected chi connectivity index (χ3v) is 3.65. The smallest absolute Gasteiger partial charge is 0.408 e. The zero-order valence-electron chi connectivity index (χ0n) is 11.4. The van der Waals surface area contributed by atoms with Crippen molar-refractivity contribution in [1.82, 2.24) is 10.2 Å². The first kappa shape index (κ1) is 15.1. The van der Waals surface area contributed by atoms with Crippen LogP contribution in [0.3, 0.4) is 0 Å². The van der Waals surface area contributed by atoms with Crippen LogP contribution in [0.25, 0.3) is 0 Å². The van der Waals surface area contributed by atoms with Crippen LogP contribution in [0.15, 0.2) is 18.2 Å². The zero-order valence-corrected chi connectivity index (χ0v) is 11.4. The van der Waals surface area contributed by atoms with Crippen molar-refractivity contribution in [3.63, 3.8) is 0 Å². The molecule has 1 aromatic rings. The molecule has 2 rings (SSSR count). The normalized spacial score (nSPS) is 19.0. The van der Waals surface area contributed by atoms with Gasteiger partial charge in [-0.05, 0) is 12.0 Å². The first-order chi connectivity index (χ1) is 9.45. The number of phenols is 1. The van der Waals surface area contributed by atoms with Crippen LogP contribution in [0.1, 0.15) is 24.1 Å². The summed E-state index contributed by atoms with van der Waals surface area (Å²) in [5.41, 5.74) is 0.505. The number of rotatable bonds is 3. The van der Waals surface area contributed by atoms with Crippen molar-refractivity contribution in [2.75, 3.05) is 26.2 Å². The average molecular weight is 288 g/mol. The minimum absolute atomic E-state index is 0.0428. The molecule has 1 saturated heterocycles. The SMILES string of the molecule is CCc1cccc([C@H](N2CCNCC2)C(F)(F)F)c1O. The Bertz CT molecular complexity index is 456. The minimum atomic E-state index is -4.40. The molecule has 1 heterocycles. The van der Waals surface area contributed by atoms with E-state index < -0.39 is 12.2 Å². The van der Waals surface area contributed by atoms with Gasteiger partial charge in [0.2, 0.25) is 0 Å². The Kier molecular flexibility index (Phi) is 4.55. The standard InChI is InChI=1S/C14H19F3N2O/c1-2-10-4-3-5-11(12(10)20)13(14(15,16)17)19-8-6-18-7-9-19/h3-5,13,18,20H,2,6-9H2,1H3/t13-/m0/s1. The maximum Gasteiger partial charge on any atom is 0.408 e. The molecule has 0 aromatic heterocycles. The number of nitrogens with zero attached hydrogens (tertiary/aromatic N) is 1. The highest BCUT2D eigenvalue weighted by Crippen LogP contribution is 2.42. The molecule has 0 saturated carbocycles. The van der Waals surface area contributed by atoms with Crippen LogP contribution >= 0.6 is 0 Å². The lowest BCUT2D eigenvalue weighted by atomic mass is 9.98. The number of halogens is 3. The summed E-state index contributed by atoms with van der Waals surface area (Å²) >= 11 is 0. The van der Waals surface area contributed by atoms with Gasteiger partial charge >= 0.3 is 6.18 Å². The van der Waals surface area contributed by atoms with E-state index in [9.17, 15) is 18.3 Å². The molecule has 0 bridgehead atoms. The van der Waals surface area contributed by atoms with Crippen molar-refractivity contribution < 1.29 is 18.3 Å². The van der Waals surface area contributed by atoms with Gasteiger partial charge in [0.25, 0.3) is 0 Å². The number of benzene rings is 1. The lowest BCUT2D eigenvalue weighted by Gasteiger charge is -2.36. The van der Waals surface area contributed by atoms with E-state index in [0.717, 1.165) is 0 Å². The summed E-state index contributed by atoms with van der Waals surface area (Å²) in [5, 5.41) is 13.1. The highest BCUT2D eigenvalue weighted by atomic mass is 19.4. The Morgan fingerprint density at radius 1 is 1.30 bits per heavy atom. The monoisotopic (exact) mass is 288 g/mol. The molecule has 0 unspecified atom stereocenters. The van der Waals surface area contributed by atoms with E-state index in [1.165, 1.54) is 11.0 Å². The molecule has 112 valence electrons. The summed E-state index contributed by atoms with van der Waals surface area (Å²) < 4.78 is 40.3. The number of alkyl halides is 3. The van der Waals surface area contributed by atoms with E-state index in [-0.39, 0.29) is 11.3 Å². The Morgan fingerprint density at radius 3 is 2.50 bits per heavy atom. The second-order valence-electron chi connectivity index (χ2n) is 4.94. The molecule has 3 nitrogen and oxygen atoms in total. The van der Waals surface area contributed by atoms with Crippen molar-refractivity contribution in [3.8, 4) is 5.75 Å². The van der Waals surface area contributed by atoms with E-state index in [4.69, 9.17) is 0 Å². The average Bonchev–Trinajstić information content (AvgIpc) is 2.41. The molecule has 1 aromatic carbocycles. The number of hydrogen-bond acceptors (Lipinski definition) is 3. The lowest BCUT2D eigenvalue weighted by Crippen LogP contribution is -2.49. The third kappa shape index (κ3) is 3.07. The van der Waals surface area contributed by atoms with E-state index >= 15 is 0 Å². The molecule has 1 fully saturated rings. The second kappa shape index (κ2) is 6.01. The predicted molar refractivity (Wildman–Crippen MR) is 70.7 cm³/mol. The Labute approximate surface area is 116 Å². The maximum atomic E-state index is 13.4. The van der Waals surface area contributed by atoms with Crippen LogP contribution < -0.4 is 5.32 Å². The minimum Gasteiger partial charge on any atom is -0.507 e. The number of nitrogens with one attached hydrogen (secondary N) is 1. The van der Waals surface area contributed by atoms with E-state index in [1.807, 2.05) is 6.92 Å². The summed E-state index contributed by atoms with van der Waals surface area (Å²) in [6.07, 6.45) is -3.90. The molecule has 0 amide bonds. The molecular formula is C14H19F3N2O. The fourth-order valence-electron chi connectivity index (χ4n) is 2.64. The van der Waals surface area contributed by atoms with Crippen molar-refractivity contribution in [3.05, 3.63) is 29.3 Å². The summed E-state index contributed by atoms with van der Waals surface area (Å²) in [6, 6.07) is 2.86. The Balaban J connectivity index is 2.41. The van der Waals surface area contributed by atoms with Gasteiger partial charge in [-0.1, -0.05) is 25.1 Å². The van der Waals surface area contributed by atoms with Gasteiger partial charge in [-0.15, -0.1) is 0 Å². The van der Waals surface area contributed by atoms with Crippen LogP contribution in [0, 0.1) is 0 Å². The molecule has 6 heteroatoms. The molecular weight excluding hydrogens is 269 g/mol. The van der Waals surface area contributed by atoms with Gasteiger partial charge in [-0.2, -0.15) is 13.2 Å². The molecule has 20 heavy (non-hydrogen) atoms. The van der Waals surface area contributed by atoms with Gasteiger partial charge in [-0.25, -0.2) is 0 Å². The van der Waals surface area contributed by atoms with Crippen LogP contribution in [0.2, 0.25) is 0 Å². The summed E-state index contributed by atoms with van der Waals surface area (Å²) in [5.74, 6) is -0.226. The van der Waals surface area contributed by atoms with Gasteiger partial charge in [0.15, 0.2) is 0 Å². The van der Waals surface area contributed by atoms with Crippen molar-refractivity contribution in [2.24, 2.45) is 0 Å². The summed E-state index contributed by atoms with van der Waals surface area (Å²) in [6.45, 7) is 3.51. The number of para-hydroxylation sites is 1. The predicted octanol–water partition coefficient (Wildman–Crippen LogP) is 2.46. The summed E-state index contributed by atoms with van der Waals surface area (Å²) in [4.78, 5) is 1.38. The molecule has 0 aliphatic carbocycles. The van der Waals surface area contributed by atoms with Crippen LogP contribution in [0.4, 0.5) is 13.2 Å². The number of aromatic hydroxyl groups is 1. The molecule has 0 spiro atoms. The van der Waals surface area contributed by atoms with Gasteiger partial charge in [0.05, 0.1) is 0 Å². The van der Waals surface area contributed by atoms with E-state index in [0.29, 0.717) is 38.2 Å². The Hall–Kier alpha value is -1.27. The van der Waals surface area contributed by atoms with Crippen molar-refractivity contribution in [2.45, 2.75) is 25.6 Å². The number of phenolic OH excluding ortho intramolecular Hbond substituents is 1. The fourth-order valence-corrected chi connectivity index (χ4v) is 2.64. The molecule has 1 aliphatic rings. The van der Waals surface area contributed by atoms with Crippen LogP contribution in [-0.4, -0.2) is 42.4 Å². The van der Waals surface area contributed by atoms with E-state index in [2.05, 4.69) is 5.32 Å². The number of hydrogen-bond donors (Lipinski definition) is 2. The number of aryl methyl sites for hydroxylation is 1. The molecule has 0 radical (unpaired) electrons. The maximum absolute atomic E-state index is 13.4. The third-order valence-electron chi connectivity index (χ3n) is 3.65. The second-order valence-corrected chi connectivity index (χ2v) is 4.94. The van der Waals surface area contributed by atoms with Crippen molar-refractivity contribution >= 4 is 0 Å². The fraction of sp³-hybridized carbons (Fsp3) is 0.571.